The molecule has 0 saturated carbocycles. The Balaban J connectivity index is 1.53. The molecule has 8 nitrogen and oxygen atoms in total. The van der Waals surface area contributed by atoms with Crippen LogP contribution in [0, 0.1) is 11.6 Å². The maximum absolute atomic E-state index is 14.5. The Labute approximate surface area is 295 Å². The summed E-state index contributed by atoms with van der Waals surface area (Å²) in [5.74, 6) is -0.774. The average molecular weight is 679 g/mol. The molecule has 0 bridgehead atoms. The molecule has 0 amide bonds. The van der Waals surface area contributed by atoms with Crippen molar-refractivity contribution in [2.45, 2.75) is 0 Å². The van der Waals surface area contributed by atoms with Crippen LogP contribution in [0.2, 0.25) is 0 Å². The molecule has 246 valence electrons. The summed E-state index contributed by atoms with van der Waals surface area (Å²) >= 11 is 0. The van der Waals surface area contributed by atoms with E-state index in [9.17, 15) is 8.78 Å². The Bertz CT molecular complexity index is 2380. The molecule has 0 radical (unpaired) electrons. The Morgan fingerprint density at radius 1 is 0.308 bits per heavy atom. The predicted molar refractivity (Wildman–Crippen MR) is 196 cm³/mol. The third kappa shape index (κ3) is 5.48. The van der Waals surface area contributed by atoms with Gasteiger partial charge >= 0.3 is 0 Å². The van der Waals surface area contributed by atoms with E-state index in [1.165, 1.54) is 24.3 Å². The van der Waals surface area contributed by atoms with Crippen LogP contribution < -0.4 is 0 Å². The molecule has 0 aliphatic heterocycles. The zero-order chi connectivity index (χ0) is 35.0. The highest BCUT2D eigenvalue weighted by Gasteiger charge is 2.26. The molecule has 0 aliphatic carbocycles. The number of rotatable bonds is 6. The van der Waals surface area contributed by atoms with E-state index in [0.717, 1.165) is 22.3 Å². The summed E-state index contributed by atoms with van der Waals surface area (Å²) < 4.78 is 29.0. The molecule has 3 aromatic carbocycles. The molecule has 0 atom stereocenters. The third-order valence-corrected chi connectivity index (χ3v) is 8.74. The fourth-order valence-corrected chi connectivity index (χ4v) is 6.39. The minimum Gasteiger partial charge on any atom is -0.264 e. The molecule has 52 heavy (non-hydrogen) atoms. The minimum atomic E-state index is -0.387. The summed E-state index contributed by atoms with van der Waals surface area (Å²) in [7, 11) is 0. The lowest BCUT2D eigenvalue weighted by molar-refractivity contribution is 0.627. The van der Waals surface area contributed by atoms with Crippen molar-refractivity contribution >= 4 is 22.1 Å². The van der Waals surface area contributed by atoms with Gasteiger partial charge in [-0.1, -0.05) is 24.3 Å². The number of aromatic nitrogens is 8. The van der Waals surface area contributed by atoms with Crippen LogP contribution >= 0.6 is 0 Å². The second-order valence-electron chi connectivity index (χ2n) is 12.0. The van der Waals surface area contributed by atoms with E-state index >= 15 is 0 Å². The van der Waals surface area contributed by atoms with Crippen LogP contribution in [0.1, 0.15) is 0 Å². The number of benzene rings is 3. The van der Waals surface area contributed by atoms with Gasteiger partial charge in [0.05, 0.1) is 22.8 Å². The first-order valence-electron chi connectivity index (χ1n) is 16.4. The van der Waals surface area contributed by atoms with Gasteiger partial charge in [-0.05, 0) is 83.9 Å². The molecule has 6 heterocycles. The lowest BCUT2D eigenvalue weighted by Crippen LogP contribution is -2.04. The van der Waals surface area contributed by atoms with E-state index in [1.807, 2.05) is 48.5 Å². The van der Waals surface area contributed by atoms with Gasteiger partial charge in [0.25, 0.3) is 0 Å². The Hall–Kier alpha value is -7.20. The Morgan fingerprint density at radius 2 is 0.577 bits per heavy atom. The van der Waals surface area contributed by atoms with Crippen LogP contribution in [-0.4, -0.2) is 39.9 Å². The summed E-state index contributed by atoms with van der Waals surface area (Å²) in [6.45, 7) is 0. The van der Waals surface area contributed by atoms with Crippen molar-refractivity contribution in [2.24, 2.45) is 0 Å². The van der Waals surface area contributed by atoms with Crippen molar-refractivity contribution in [1.29, 1.82) is 0 Å². The number of pyridine rings is 4. The zero-order valence-corrected chi connectivity index (χ0v) is 27.2. The molecule has 0 unspecified atom stereocenters. The van der Waals surface area contributed by atoms with Crippen molar-refractivity contribution in [3.8, 4) is 67.3 Å². The standard InChI is InChI=1S/C42H24F2N8/c43-31-13-9-25(10-14-31)33-39-40(50-36(28-6-2-18-46-22-28)35(49-39)27-5-1-17-45-21-27)34(26-11-15-32(44)16-12-26)42-41(33)51-37(29-7-3-19-47-23-29)38(52-42)30-8-4-20-48-24-30/h1-24H. The molecular weight excluding hydrogens is 655 g/mol. The summed E-state index contributed by atoms with van der Waals surface area (Å²) in [4.78, 5) is 39.0. The number of hydrogen-bond acceptors (Lipinski definition) is 8. The smallest absolute Gasteiger partial charge is 0.123 e. The molecule has 10 heteroatoms. The topological polar surface area (TPSA) is 103 Å². The monoisotopic (exact) mass is 678 g/mol. The van der Waals surface area contributed by atoms with Gasteiger partial charge in [-0.15, -0.1) is 0 Å². The summed E-state index contributed by atoms with van der Waals surface area (Å²) in [6, 6.07) is 27.4. The SMILES string of the molecule is Fc1ccc(-c2c3nc(-c4cccnc4)c(-c4cccnc4)nc3c(-c3ccc(F)cc3)c3nc(-c4cccnc4)c(-c4cccnc4)nc23)cc1. The first kappa shape index (κ1) is 30.8. The molecular formula is C42H24F2N8. The minimum absolute atomic E-state index is 0.387. The number of fused-ring (bicyclic) bond motifs is 2. The third-order valence-electron chi connectivity index (χ3n) is 8.74. The number of halogens is 2. The van der Waals surface area contributed by atoms with Gasteiger partial charge in [0, 0.05) is 83.0 Å². The molecule has 0 saturated heterocycles. The van der Waals surface area contributed by atoms with E-state index in [2.05, 4.69) is 19.9 Å². The number of nitrogens with zero attached hydrogens (tertiary/aromatic N) is 8. The quantitative estimate of drug-likeness (QED) is 0.160. The predicted octanol–water partition coefficient (Wildman–Crippen LogP) is 9.43. The molecule has 0 aliphatic rings. The second-order valence-corrected chi connectivity index (χ2v) is 12.0. The fraction of sp³-hybridized carbons (Fsp3) is 0. The highest BCUT2D eigenvalue weighted by Crippen LogP contribution is 2.45. The van der Waals surface area contributed by atoms with Gasteiger partial charge in [-0.2, -0.15) is 0 Å². The van der Waals surface area contributed by atoms with Crippen molar-refractivity contribution in [2.75, 3.05) is 0 Å². The van der Waals surface area contributed by atoms with Crippen molar-refractivity contribution < 1.29 is 8.78 Å². The Morgan fingerprint density at radius 3 is 0.808 bits per heavy atom. The lowest BCUT2D eigenvalue weighted by Gasteiger charge is -2.20. The zero-order valence-electron chi connectivity index (χ0n) is 27.2. The van der Waals surface area contributed by atoms with Gasteiger partial charge in [0.2, 0.25) is 0 Å². The summed E-state index contributed by atoms with van der Waals surface area (Å²) in [5, 5.41) is 0. The van der Waals surface area contributed by atoms with Crippen LogP contribution in [0.15, 0.2) is 147 Å². The van der Waals surface area contributed by atoms with E-state index in [-0.39, 0.29) is 11.6 Å². The van der Waals surface area contributed by atoms with E-state index in [1.54, 1.807) is 73.8 Å². The molecule has 0 fully saturated rings. The largest absolute Gasteiger partial charge is 0.264 e. The van der Waals surface area contributed by atoms with Crippen molar-refractivity contribution in [3.05, 3.63) is 158 Å². The van der Waals surface area contributed by atoms with Crippen LogP contribution in [0.3, 0.4) is 0 Å². The highest BCUT2D eigenvalue weighted by molar-refractivity contribution is 6.18. The fourth-order valence-electron chi connectivity index (χ4n) is 6.39. The first-order chi connectivity index (χ1) is 25.6. The maximum Gasteiger partial charge on any atom is 0.123 e. The lowest BCUT2D eigenvalue weighted by atomic mass is 9.93. The normalized spacial score (nSPS) is 11.3. The van der Waals surface area contributed by atoms with Gasteiger partial charge in [-0.25, -0.2) is 28.7 Å². The van der Waals surface area contributed by atoms with E-state index < -0.39 is 0 Å². The van der Waals surface area contributed by atoms with Crippen LogP contribution in [-0.2, 0) is 0 Å². The van der Waals surface area contributed by atoms with E-state index in [0.29, 0.717) is 67.1 Å². The molecule has 9 rings (SSSR count). The highest BCUT2D eigenvalue weighted by atomic mass is 19.1. The van der Waals surface area contributed by atoms with Gasteiger partial charge in [0.1, 0.15) is 33.7 Å². The molecule has 0 N–H and O–H groups in total. The molecule has 6 aromatic heterocycles. The molecule has 9 aromatic rings. The van der Waals surface area contributed by atoms with Gasteiger partial charge < -0.3 is 0 Å². The Kier molecular flexibility index (Phi) is 7.66. The van der Waals surface area contributed by atoms with E-state index in [4.69, 9.17) is 19.9 Å². The van der Waals surface area contributed by atoms with Crippen molar-refractivity contribution in [3.63, 3.8) is 0 Å². The maximum atomic E-state index is 14.5. The molecule has 0 spiro atoms. The van der Waals surface area contributed by atoms with Crippen LogP contribution in [0.4, 0.5) is 8.78 Å². The van der Waals surface area contributed by atoms with Gasteiger partial charge in [0.15, 0.2) is 0 Å². The van der Waals surface area contributed by atoms with Crippen LogP contribution in [0.5, 0.6) is 0 Å². The number of hydrogen-bond donors (Lipinski definition) is 0. The van der Waals surface area contributed by atoms with Crippen molar-refractivity contribution in [1.82, 2.24) is 39.9 Å². The summed E-state index contributed by atoms with van der Waals surface area (Å²) in [6.07, 6.45) is 13.7. The van der Waals surface area contributed by atoms with Gasteiger partial charge in [-0.3, -0.25) is 19.9 Å². The van der Waals surface area contributed by atoms with Crippen LogP contribution in [0.25, 0.3) is 89.4 Å². The second kappa shape index (κ2) is 12.9. The first-order valence-corrected chi connectivity index (χ1v) is 16.4. The summed E-state index contributed by atoms with van der Waals surface area (Å²) in [5.41, 5.74) is 9.67. The average Bonchev–Trinajstić information content (AvgIpc) is 3.21.